The lowest BCUT2D eigenvalue weighted by Gasteiger charge is -2.49. The summed E-state index contributed by atoms with van der Waals surface area (Å²) < 4.78 is 11.6. The Balaban J connectivity index is 1.17. The Morgan fingerprint density at radius 2 is 1.88 bits per heavy atom. The quantitative estimate of drug-likeness (QED) is 0.728. The normalized spacial score (nSPS) is 24.1. The minimum Gasteiger partial charge on any atom is -0.375 e. The predicted molar refractivity (Wildman–Crippen MR) is 121 cm³/mol. The summed E-state index contributed by atoms with van der Waals surface area (Å²) in [6.07, 6.45) is 5.81. The van der Waals surface area contributed by atoms with Gasteiger partial charge in [-0.3, -0.25) is 9.69 Å². The molecule has 2 aromatic rings. The number of hydrogen-bond acceptors (Lipinski definition) is 7. The summed E-state index contributed by atoms with van der Waals surface area (Å²) in [7, 11) is 0. The fraction of sp³-hybridized carbons (Fsp3) is 0.625. The average molecular weight is 440 g/mol. The maximum absolute atomic E-state index is 13.0. The van der Waals surface area contributed by atoms with E-state index in [2.05, 4.69) is 32.1 Å². The number of amides is 1. The van der Waals surface area contributed by atoms with Crippen molar-refractivity contribution in [1.29, 1.82) is 0 Å². The lowest BCUT2D eigenvalue weighted by molar-refractivity contribution is -0.130. The van der Waals surface area contributed by atoms with Gasteiger partial charge in [0.05, 0.1) is 11.3 Å². The molecule has 8 heteroatoms. The van der Waals surface area contributed by atoms with Gasteiger partial charge >= 0.3 is 0 Å². The summed E-state index contributed by atoms with van der Waals surface area (Å²) in [4.78, 5) is 24.5. The maximum Gasteiger partial charge on any atom is 0.259 e. The Hall–Kier alpha value is -2.45. The monoisotopic (exact) mass is 439 g/mol. The second kappa shape index (κ2) is 8.83. The number of nitrogens with zero attached hydrogens (tertiary/aromatic N) is 5. The summed E-state index contributed by atoms with van der Waals surface area (Å²) in [5.41, 5.74) is 1.19. The van der Waals surface area contributed by atoms with Crippen molar-refractivity contribution in [1.82, 2.24) is 19.9 Å². The highest BCUT2D eigenvalue weighted by molar-refractivity contribution is 5.96. The van der Waals surface area contributed by atoms with Gasteiger partial charge in [0.2, 0.25) is 0 Å². The Labute approximate surface area is 189 Å². The maximum atomic E-state index is 13.0. The van der Waals surface area contributed by atoms with E-state index in [-0.39, 0.29) is 11.5 Å². The molecule has 1 spiro atoms. The number of carbonyl (C=O) groups is 1. The molecule has 3 saturated heterocycles. The fourth-order valence-electron chi connectivity index (χ4n) is 5.58. The van der Waals surface area contributed by atoms with E-state index in [1.54, 1.807) is 6.92 Å². The van der Waals surface area contributed by atoms with Crippen molar-refractivity contribution >= 4 is 11.7 Å². The van der Waals surface area contributed by atoms with Gasteiger partial charge in [-0.1, -0.05) is 11.2 Å². The lowest BCUT2D eigenvalue weighted by Crippen LogP contribution is -2.57. The first-order valence-electron chi connectivity index (χ1n) is 11.8. The Morgan fingerprint density at radius 3 is 2.53 bits per heavy atom. The van der Waals surface area contributed by atoms with E-state index in [9.17, 15) is 4.79 Å². The molecular weight excluding hydrogens is 406 g/mol. The van der Waals surface area contributed by atoms with Gasteiger partial charge in [0.25, 0.3) is 5.91 Å². The van der Waals surface area contributed by atoms with Crippen molar-refractivity contribution in [2.45, 2.75) is 51.2 Å². The van der Waals surface area contributed by atoms with Gasteiger partial charge in [-0.25, -0.2) is 4.98 Å². The van der Waals surface area contributed by atoms with Crippen molar-refractivity contribution in [3.63, 3.8) is 0 Å². The van der Waals surface area contributed by atoms with Crippen LogP contribution in [0.25, 0.3) is 0 Å². The molecule has 0 aromatic carbocycles. The zero-order chi connectivity index (χ0) is 22.1. The second-order valence-corrected chi connectivity index (χ2v) is 9.38. The number of hydrogen-bond donors (Lipinski definition) is 0. The van der Waals surface area contributed by atoms with Crippen LogP contribution in [0.1, 0.15) is 47.5 Å². The molecule has 0 saturated carbocycles. The van der Waals surface area contributed by atoms with Gasteiger partial charge in [0.15, 0.2) is 0 Å². The number of anilines is 1. The summed E-state index contributed by atoms with van der Waals surface area (Å²) in [5.74, 6) is 1.71. The molecule has 1 amide bonds. The van der Waals surface area contributed by atoms with Gasteiger partial charge < -0.3 is 19.1 Å². The first-order valence-corrected chi connectivity index (χ1v) is 11.8. The zero-order valence-corrected chi connectivity index (χ0v) is 19.1. The summed E-state index contributed by atoms with van der Waals surface area (Å²) in [5, 5.41) is 3.94. The number of aromatic nitrogens is 2. The fourth-order valence-corrected chi connectivity index (χ4v) is 5.58. The Kier molecular flexibility index (Phi) is 5.90. The molecule has 3 aliphatic rings. The van der Waals surface area contributed by atoms with E-state index < -0.39 is 0 Å². The molecule has 8 nitrogen and oxygen atoms in total. The molecule has 172 valence electrons. The molecule has 0 unspecified atom stereocenters. The minimum absolute atomic E-state index is 0.0362. The third kappa shape index (κ3) is 4.13. The predicted octanol–water partition coefficient (Wildman–Crippen LogP) is 2.66. The lowest BCUT2D eigenvalue weighted by atomic mass is 9.81. The van der Waals surface area contributed by atoms with Crippen LogP contribution >= 0.6 is 0 Å². The second-order valence-electron chi connectivity index (χ2n) is 9.38. The van der Waals surface area contributed by atoms with E-state index >= 15 is 0 Å². The van der Waals surface area contributed by atoms with Crippen LogP contribution in [0.4, 0.5) is 5.82 Å². The molecule has 32 heavy (non-hydrogen) atoms. The van der Waals surface area contributed by atoms with Gasteiger partial charge in [0, 0.05) is 58.1 Å². The summed E-state index contributed by atoms with van der Waals surface area (Å²) in [6.45, 7) is 10.1. The molecule has 5 rings (SSSR count). The van der Waals surface area contributed by atoms with Crippen LogP contribution < -0.4 is 4.90 Å². The molecule has 0 N–H and O–H groups in total. The molecule has 2 aromatic heterocycles. The van der Waals surface area contributed by atoms with Crippen LogP contribution in [0.2, 0.25) is 0 Å². The molecule has 0 bridgehead atoms. The number of piperidine rings is 1. The van der Waals surface area contributed by atoms with Gasteiger partial charge in [-0.05, 0) is 51.7 Å². The van der Waals surface area contributed by atoms with E-state index in [0.29, 0.717) is 23.1 Å². The van der Waals surface area contributed by atoms with Crippen molar-refractivity contribution < 1.29 is 14.1 Å². The highest BCUT2D eigenvalue weighted by atomic mass is 16.5. The average Bonchev–Trinajstić information content (AvgIpc) is 3.17. The number of ether oxygens (including phenoxy) is 1. The number of aryl methyl sites for hydroxylation is 2. The van der Waals surface area contributed by atoms with Crippen molar-refractivity contribution in [2.75, 3.05) is 50.8 Å². The summed E-state index contributed by atoms with van der Waals surface area (Å²) in [6, 6.07) is 6.67. The van der Waals surface area contributed by atoms with Crippen LogP contribution in [-0.2, 0) is 4.74 Å². The number of rotatable bonds is 3. The van der Waals surface area contributed by atoms with E-state index in [1.165, 1.54) is 0 Å². The molecule has 0 radical (unpaired) electrons. The minimum atomic E-state index is -0.101. The van der Waals surface area contributed by atoms with E-state index in [0.717, 1.165) is 77.4 Å². The third-order valence-electron chi connectivity index (χ3n) is 7.48. The molecular formula is C24H33N5O3. The summed E-state index contributed by atoms with van der Waals surface area (Å²) >= 11 is 0. The van der Waals surface area contributed by atoms with Gasteiger partial charge in [-0.15, -0.1) is 0 Å². The molecule has 1 atom stereocenters. The Morgan fingerprint density at radius 1 is 1.09 bits per heavy atom. The standard InChI is InChI=1S/C24H33N5O3/c1-18-22(19(2)32-26-18)23(30)29-10-7-24(8-11-29)17-20(6-16-31-24)27-12-14-28(15-13-27)21-5-3-4-9-25-21/h3-5,9,20H,6-8,10-17H2,1-2H3/t20-/m1/s1. The zero-order valence-electron chi connectivity index (χ0n) is 19.1. The van der Waals surface area contributed by atoms with Crippen molar-refractivity contribution in [3.8, 4) is 0 Å². The number of likely N-dealkylation sites (tertiary alicyclic amines) is 1. The smallest absolute Gasteiger partial charge is 0.259 e. The molecule has 3 fully saturated rings. The topological polar surface area (TPSA) is 74.9 Å². The molecule has 5 heterocycles. The van der Waals surface area contributed by atoms with Crippen LogP contribution in [0, 0.1) is 13.8 Å². The highest BCUT2D eigenvalue weighted by Crippen LogP contribution is 2.37. The van der Waals surface area contributed by atoms with Crippen molar-refractivity contribution in [2.24, 2.45) is 0 Å². The number of pyridine rings is 1. The van der Waals surface area contributed by atoms with Crippen LogP contribution in [0.3, 0.4) is 0 Å². The first kappa shape index (κ1) is 21.4. The van der Waals surface area contributed by atoms with E-state index in [1.807, 2.05) is 24.1 Å². The van der Waals surface area contributed by atoms with Gasteiger partial charge in [-0.2, -0.15) is 0 Å². The molecule has 0 aliphatic carbocycles. The first-order chi connectivity index (χ1) is 15.5. The number of carbonyl (C=O) groups excluding carboxylic acids is 1. The largest absolute Gasteiger partial charge is 0.375 e. The van der Waals surface area contributed by atoms with E-state index in [4.69, 9.17) is 9.26 Å². The van der Waals surface area contributed by atoms with Crippen molar-refractivity contribution in [3.05, 3.63) is 41.4 Å². The SMILES string of the molecule is Cc1noc(C)c1C(=O)N1CCC2(CC1)C[C@H](N1CCN(c3ccccn3)CC1)CCO2. The van der Waals surface area contributed by atoms with Crippen LogP contribution in [0.15, 0.2) is 28.9 Å². The Bertz CT molecular complexity index is 911. The van der Waals surface area contributed by atoms with Gasteiger partial charge in [0.1, 0.15) is 17.1 Å². The van der Waals surface area contributed by atoms with Crippen LogP contribution in [-0.4, -0.2) is 83.4 Å². The highest BCUT2D eigenvalue weighted by Gasteiger charge is 2.43. The molecule has 3 aliphatic heterocycles. The number of piperazine rings is 1. The third-order valence-corrected chi connectivity index (χ3v) is 7.48. The van der Waals surface area contributed by atoms with Crippen LogP contribution in [0.5, 0.6) is 0 Å².